The van der Waals surface area contributed by atoms with Gasteiger partial charge in [0, 0.05) is 22.7 Å². The molecule has 3 N–H and O–H groups in total. The second kappa shape index (κ2) is 5.84. The molecule has 0 amide bonds. The van der Waals surface area contributed by atoms with E-state index >= 15 is 0 Å². The summed E-state index contributed by atoms with van der Waals surface area (Å²) in [5.74, 6) is 0.802. The van der Waals surface area contributed by atoms with E-state index in [4.69, 9.17) is 11.1 Å². The number of nitrogen functional groups attached to an aromatic ring is 1. The largest absolute Gasteiger partial charge is 0.384 e. The van der Waals surface area contributed by atoms with Crippen LogP contribution in [-0.4, -0.2) is 15.8 Å². The molecule has 2 aromatic rings. The molecule has 0 saturated heterocycles. The zero-order valence-electron chi connectivity index (χ0n) is 11.0. The lowest BCUT2D eigenvalue weighted by molar-refractivity contribution is 0.902. The molecule has 0 fully saturated rings. The van der Waals surface area contributed by atoms with E-state index in [9.17, 15) is 0 Å². The Balaban J connectivity index is 2.16. The predicted molar refractivity (Wildman–Crippen MR) is 78.5 cm³/mol. The molecular weight excluding hydrogens is 256 g/mol. The third kappa shape index (κ3) is 3.54. The van der Waals surface area contributed by atoms with Crippen LogP contribution in [0.5, 0.6) is 0 Å². The van der Waals surface area contributed by atoms with Gasteiger partial charge in [0.25, 0.3) is 0 Å². The van der Waals surface area contributed by atoms with E-state index in [1.54, 1.807) is 11.8 Å². The van der Waals surface area contributed by atoms with Crippen molar-refractivity contribution in [1.82, 2.24) is 9.97 Å². The Labute approximate surface area is 117 Å². The predicted octanol–water partition coefficient (Wildman–Crippen LogP) is 2.67. The average Bonchev–Trinajstić information content (AvgIpc) is 2.35. The molecule has 0 atom stereocenters. The number of nitrogens with two attached hydrogens (primary N) is 1. The molecule has 1 aromatic carbocycles. The number of aromatic nitrogens is 2. The SMILES string of the molecule is Cc1cc(C)nc(SCc2ccccc2C(=N)N)n1. The summed E-state index contributed by atoms with van der Waals surface area (Å²) in [6.45, 7) is 3.92. The highest BCUT2D eigenvalue weighted by molar-refractivity contribution is 7.98. The monoisotopic (exact) mass is 272 g/mol. The van der Waals surface area contributed by atoms with E-state index in [1.165, 1.54) is 0 Å². The van der Waals surface area contributed by atoms with Crippen LogP contribution in [0.1, 0.15) is 22.5 Å². The topological polar surface area (TPSA) is 75.7 Å². The molecule has 0 spiro atoms. The quantitative estimate of drug-likeness (QED) is 0.388. The van der Waals surface area contributed by atoms with Crippen molar-refractivity contribution in [3.8, 4) is 0 Å². The van der Waals surface area contributed by atoms with Crippen molar-refractivity contribution in [1.29, 1.82) is 5.41 Å². The smallest absolute Gasteiger partial charge is 0.188 e. The van der Waals surface area contributed by atoms with Crippen LogP contribution < -0.4 is 5.73 Å². The number of nitrogens with zero attached hydrogens (tertiary/aromatic N) is 2. The van der Waals surface area contributed by atoms with Gasteiger partial charge < -0.3 is 5.73 Å². The summed E-state index contributed by atoms with van der Waals surface area (Å²) in [7, 11) is 0. The second-order valence-electron chi connectivity index (χ2n) is 4.29. The molecular formula is C14H16N4S. The van der Waals surface area contributed by atoms with Gasteiger partial charge in [0.15, 0.2) is 5.16 Å². The molecule has 98 valence electrons. The normalized spacial score (nSPS) is 10.4. The first kappa shape index (κ1) is 13.5. The summed E-state index contributed by atoms with van der Waals surface area (Å²) in [5, 5.41) is 8.32. The number of benzene rings is 1. The van der Waals surface area contributed by atoms with Crippen molar-refractivity contribution < 1.29 is 0 Å². The van der Waals surface area contributed by atoms with Gasteiger partial charge in [0.2, 0.25) is 0 Å². The summed E-state index contributed by atoms with van der Waals surface area (Å²) >= 11 is 1.56. The number of amidine groups is 1. The molecule has 19 heavy (non-hydrogen) atoms. The van der Waals surface area contributed by atoms with Gasteiger partial charge in [-0.15, -0.1) is 0 Å². The first-order valence-corrected chi connectivity index (χ1v) is 6.92. The zero-order valence-corrected chi connectivity index (χ0v) is 11.8. The summed E-state index contributed by atoms with van der Waals surface area (Å²) in [5.41, 5.74) is 9.32. The molecule has 0 aliphatic heterocycles. The van der Waals surface area contributed by atoms with Crippen LogP contribution >= 0.6 is 11.8 Å². The number of thioether (sulfide) groups is 1. The summed E-state index contributed by atoms with van der Waals surface area (Å²) < 4.78 is 0. The van der Waals surface area contributed by atoms with Crippen LogP contribution in [-0.2, 0) is 5.75 Å². The third-order valence-corrected chi connectivity index (χ3v) is 3.52. The molecule has 0 unspecified atom stereocenters. The van der Waals surface area contributed by atoms with Gasteiger partial charge in [-0.1, -0.05) is 36.0 Å². The van der Waals surface area contributed by atoms with Gasteiger partial charge in [-0.05, 0) is 25.5 Å². The fourth-order valence-electron chi connectivity index (χ4n) is 1.81. The van der Waals surface area contributed by atoms with E-state index in [-0.39, 0.29) is 5.84 Å². The van der Waals surface area contributed by atoms with Gasteiger partial charge in [0.1, 0.15) is 5.84 Å². The van der Waals surface area contributed by atoms with Gasteiger partial charge in [-0.2, -0.15) is 0 Å². The van der Waals surface area contributed by atoms with Crippen LogP contribution in [0.2, 0.25) is 0 Å². The van der Waals surface area contributed by atoms with Crippen LogP contribution in [0.4, 0.5) is 0 Å². The molecule has 0 aliphatic carbocycles. The van der Waals surface area contributed by atoms with Gasteiger partial charge in [-0.3, -0.25) is 5.41 Å². The Kier molecular flexibility index (Phi) is 4.16. The lowest BCUT2D eigenvalue weighted by Gasteiger charge is -2.07. The minimum atomic E-state index is 0.0949. The molecule has 4 nitrogen and oxygen atoms in total. The number of aryl methyl sites for hydroxylation is 2. The standard InChI is InChI=1S/C14H16N4S/c1-9-7-10(2)18-14(17-9)19-8-11-5-3-4-6-12(11)13(15)16/h3-7H,8H2,1-2H3,(H3,15,16). The van der Waals surface area contributed by atoms with E-state index in [0.29, 0.717) is 5.75 Å². The first-order chi connectivity index (χ1) is 9.06. The highest BCUT2D eigenvalue weighted by atomic mass is 32.2. The molecule has 0 aliphatic rings. The number of hydrogen-bond donors (Lipinski definition) is 2. The van der Waals surface area contributed by atoms with Crippen LogP contribution in [0.3, 0.4) is 0 Å². The van der Waals surface area contributed by atoms with Crippen molar-refractivity contribution in [3.05, 3.63) is 52.8 Å². The van der Waals surface area contributed by atoms with E-state index < -0.39 is 0 Å². The number of rotatable bonds is 4. The molecule has 2 rings (SSSR count). The maximum atomic E-state index is 7.56. The highest BCUT2D eigenvalue weighted by Crippen LogP contribution is 2.22. The fraction of sp³-hybridized carbons (Fsp3) is 0.214. The lowest BCUT2D eigenvalue weighted by atomic mass is 10.1. The lowest BCUT2D eigenvalue weighted by Crippen LogP contribution is -2.13. The van der Waals surface area contributed by atoms with Crippen LogP contribution in [0, 0.1) is 19.3 Å². The Bertz CT molecular complexity index is 590. The third-order valence-electron chi connectivity index (χ3n) is 2.63. The highest BCUT2D eigenvalue weighted by Gasteiger charge is 2.07. The van der Waals surface area contributed by atoms with Crippen LogP contribution in [0.15, 0.2) is 35.5 Å². The Morgan fingerprint density at radius 3 is 2.47 bits per heavy atom. The van der Waals surface area contributed by atoms with E-state index in [1.807, 2.05) is 44.2 Å². The van der Waals surface area contributed by atoms with E-state index in [0.717, 1.165) is 27.7 Å². The Morgan fingerprint density at radius 2 is 1.84 bits per heavy atom. The number of nitrogens with one attached hydrogen (secondary N) is 1. The molecule has 0 saturated carbocycles. The van der Waals surface area contributed by atoms with E-state index in [2.05, 4.69) is 9.97 Å². The second-order valence-corrected chi connectivity index (χ2v) is 5.24. The minimum Gasteiger partial charge on any atom is -0.384 e. The van der Waals surface area contributed by atoms with Crippen LogP contribution in [0.25, 0.3) is 0 Å². The molecule has 5 heteroatoms. The van der Waals surface area contributed by atoms with Crippen molar-refractivity contribution in [3.63, 3.8) is 0 Å². The fourth-order valence-corrected chi connectivity index (χ4v) is 2.76. The van der Waals surface area contributed by atoms with Crippen molar-refractivity contribution in [2.45, 2.75) is 24.8 Å². The molecule has 1 heterocycles. The maximum Gasteiger partial charge on any atom is 0.188 e. The zero-order chi connectivity index (χ0) is 13.8. The average molecular weight is 272 g/mol. The molecule has 0 bridgehead atoms. The minimum absolute atomic E-state index is 0.0949. The molecule has 0 radical (unpaired) electrons. The van der Waals surface area contributed by atoms with Crippen molar-refractivity contribution in [2.75, 3.05) is 0 Å². The Morgan fingerprint density at radius 1 is 1.21 bits per heavy atom. The molecule has 1 aromatic heterocycles. The Hall–Kier alpha value is -1.88. The van der Waals surface area contributed by atoms with Crippen molar-refractivity contribution >= 4 is 17.6 Å². The first-order valence-electron chi connectivity index (χ1n) is 5.93. The van der Waals surface area contributed by atoms with Gasteiger partial charge in [-0.25, -0.2) is 9.97 Å². The summed E-state index contributed by atoms with van der Waals surface area (Å²) in [6, 6.07) is 9.63. The van der Waals surface area contributed by atoms with Gasteiger partial charge in [0.05, 0.1) is 0 Å². The summed E-state index contributed by atoms with van der Waals surface area (Å²) in [4.78, 5) is 8.78. The summed E-state index contributed by atoms with van der Waals surface area (Å²) in [6.07, 6.45) is 0. The van der Waals surface area contributed by atoms with Gasteiger partial charge >= 0.3 is 0 Å². The van der Waals surface area contributed by atoms with Crippen molar-refractivity contribution in [2.24, 2.45) is 5.73 Å². The maximum absolute atomic E-state index is 7.56. The number of hydrogen-bond acceptors (Lipinski definition) is 4.